The molecule has 8 heteroatoms. The van der Waals surface area contributed by atoms with Crippen LogP contribution < -0.4 is 10.9 Å². The Kier molecular flexibility index (Phi) is 6.70. The first-order valence-corrected chi connectivity index (χ1v) is 12.2. The minimum Gasteiger partial charge on any atom is -0.373 e. The van der Waals surface area contributed by atoms with Crippen molar-refractivity contribution in [2.45, 2.75) is 58.9 Å². The van der Waals surface area contributed by atoms with Crippen LogP contribution in [0, 0.1) is 6.92 Å². The van der Waals surface area contributed by atoms with Crippen molar-refractivity contribution in [3.8, 4) is 11.1 Å². The lowest BCUT2D eigenvalue weighted by Crippen LogP contribution is -2.58. The molecular weight excluding hydrogens is 436 g/mol. The summed E-state index contributed by atoms with van der Waals surface area (Å²) >= 11 is 1.44. The number of nitrogens with one attached hydrogen (secondary N) is 1. The summed E-state index contributed by atoms with van der Waals surface area (Å²) in [5, 5.41) is 5.54. The SMILES string of the molecule is Cc1ccc(-c2csc3ncn(CC(=O)NCC(C)(C)N4CC(C)OC(C)C4)c(=O)c23)cc1. The number of benzene rings is 1. The Hall–Kier alpha value is -2.55. The van der Waals surface area contributed by atoms with Gasteiger partial charge < -0.3 is 10.1 Å². The largest absolute Gasteiger partial charge is 0.373 e. The third kappa shape index (κ3) is 5.18. The maximum absolute atomic E-state index is 13.2. The van der Waals surface area contributed by atoms with Gasteiger partial charge in [-0.2, -0.15) is 0 Å². The zero-order chi connectivity index (χ0) is 23.8. The molecule has 3 aromatic rings. The molecule has 0 saturated carbocycles. The van der Waals surface area contributed by atoms with E-state index in [1.54, 1.807) is 0 Å². The van der Waals surface area contributed by atoms with E-state index in [1.165, 1.54) is 22.2 Å². The fraction of sp³-hybridized carbons (Fsp3) is 0.480. The van der Waals surface area contributed by atoms with E-state index in [1.807, 2.05) is 36.6 Å². The van der Waals surface area contributed by atoms with Crippen molar-refractivity contribution < 1.29 is 9.53 Å². The number of aromatic nitrogens is 2. The molecule has 0 spiro atoms. The van der Waals surface area contributed by atoms with Crippen molar-refractivity contribution in [3.63, 3.8) is 0 Å². The van der Waals surface area contributed by atoms with Crippen molar-refractivity contribution in [2.75, 3.05) is 19.6 Å². The minimum absolute atomic E-state index is 0.0586. The zero-order valence-corrected chi connectivity index (χ0v) is 20.7. The van der Waals surface area contributed by atoms with Crippen LogP contribution in [0.2, 0.25) is 0 Å². The normalized spacial score (nSPS) is 19.7. The van der Waals surface area contributed by atoms with Crippen molar-refractivity contribution in [1.82, 2.24) is 19.8 Å². The number of carbonyl (C=O) groups excluding carboxylic acids is 1. The number of fused-ring (bicyclic) bond motifs is 1. The second-order valence-electron chi connectivity index (χ2n) is 9.62. The molecule has 1 amide bonds. The number of amides is 1. The first kappa shape index (κ1) is 23.6. The molecule has 1 aliphatic rings. The van der Waals surface area contributed by atoms with Crippen LogP contribution in [-0.2, 0) is 16.1 Å². The van der Waals surface area contributed by atoms with Gasteiger partial charge in [-0.3, -0.25) is 19.1 Å². The first-order chi connectivity index (χ1) is 15.6. The molecule has 1 aromatic carbocycles. The molecule has 0 aliphatic carbocycles. The highest BCUT2D eigenvalue weighted by atomic mass is 32.1. The van der Waals surface area contributed by atoms with Gasteiger partial charge in [0.1, 0.15) is 11.4 Å². The Morgan fingerprint density at radius 3 is 2.55 bits per heavy atom. The maximum Gasteiger partial charge on any atom is 0.263 e. The Morgan fingerprint density at radius 2 is 1.88 bits per heavy atom. The van der Waals surface area contributed by atoms with Gasteiger partial charge >= 0.3 is 0 Å². The number of morpholine rings is 1. The topological polar surface area (TPSA) is 76.5 Å². The van der Waals surface area contributed by atoms with Gasteiger partial charge in [0, 0.05) is 36.1 Å². The Balaban J connectivity index is 1.48. The Morgan fingerprint density at radius 1 is 1.21 bits per heavy atom. The number of rotatable bonds is 6. The highest BCUT2D eigenvalue weighted by molar-refractivity contribution is 7.17. The lowest BCUT2D eigenvalue weighted by molar-refractivity contribution is -0.123. The summed E-state index contributed by atoms with van der Waals surface area (Å²) in [7, 11) is 0. The molecule has 1 N–H and O–H groups in total. The summed E-state index contributed by atoms with van der Waals surface area (Å²) in [6.07, 6.45) is 1.79. The maximum atomic E-state index is 13.2. The molecule has 2 atom stereocenters. The first-order valence-electron chi connectivity index (χ1n) is 11.3. The third-order valence-electron chi connectivity index (χ3n) is 6.23. The highest BCUT2D eigenvalue weighted by Gasteiger charge is 2.33. The quantitative estimate of drug-likeness (QED) is 0.600. The molecule has 1 aliphatic heterocycles. The van der Waals surface area contributed by atoms with Gasteiger partial charge in [-0.1, -0.05) is 29.8 Å². The number of nitrogens with zero attached hydrogens (tertiary/aromatic N) is 3. The molecule has 7 nitrogen and oxygen atoms in total. The second kappa shape index (κ2) is 9.37. The van der Waals surface area contributed by atoms with Gasteiger partial charge in [0.05, 0.1) is 23.9 Å². The van der Waals surface area contributed by atoms with E-state index in [0.717, 1.165) is 29.8 Å². The van der Waals surface area contributed by atoms with Crippen LogP contribution in [0.5, 0.6) is 0 Å². The highest BCUT2D eigenvalue weighted by Crippen LogP contribution is 2.30. The van der Waals surface area contributed by atoms with Crippen molar-refractivity contribution in [2.24, 2.45) is 0 Å². The van der Waals surface area contributed by atoms with Crippen LogP contribution in [0.1, 0.15) is 33.3 Å². The van der Waals surface area contributed by atoms with Crippen LogP contribution in [-0.4, -0.2) is 57.7 Å². The fourth-order valence-corrected chi connectivity index (χ4v) is 5.24. The molecular formula is C25H32N4O3S. The van der Waals surface area contributed by atoms with Gasteiger partial charge in [0.25, 0.3) is 5.56 Å². The molecule has 2 aromatic heterocycles. The summed E-state index contributed by atoms with van der Waals surface area (Å²) < 4.78 is 7.23. The summed E-state index contributed by atoms with van der Waals surface area (Å²) in [5.41, 5.74) is 2.58. The lowest BCUT2D eigenvalue weighted by atomic mass is 10.00. The van der Waals surface area contributed by atoms with E-state index in [9.17, 15) is 9.59 Å². The summed E-state index contributed by atoms with van der Waals surface area (Å²) in [5.74, 6) is -0.201. The van der Waals surface area contributed by atoms with E-state index >= 15 is 0 Å². The molecule has 2 unspecified atom stereocenters. The second-order valence-corrected chi connectivity index (χ2v) is 10.5. The molecule has 176 valence electrons. The molecule has 33 heavy (non-hydrogen) atoms. The Bertz CT molecular complexity index is 1190. The van der Waals surface area contributed by atoms with E-state index in [4.69, 9.17) is 4.74 Å². The fourth-order valence-electron chi connectivity index (χ4n) is 4.34. The minimum atomic E-state index is -0.221. The molecule has 3 heterocycles. The van der Waals surface area contributed by atoms with Crippen molar-refractivity contribution in [1.29, 1.82) is 0 Å². The Labute approximate surface area is 198 Å². The predicted molar refractivity (Wildman–Crippen MR) is 133 cm³/mol. The summed E-state index contributed by atoms with van der Waals surface area (Å²) in [4.78, 5) is 33.5. The summed E-state index contributed by atoms with van der Waals surface area (Å²) in [6.45, 7) is 12.5. The number of aryl methyl sites for hydroxylation is 1. The van der Waals surface area contributed by atoms with Crippen LogP contribution in [0.25, 0.3) is 21.3 Å². The van der Waals surface area contributed by atoms with Gasteiger partial charge in [0.2, 0.25) is 5.91 Å². The molecule has 1 fully saturated rings. The van der Waals surface area contributed by atoms with E-state index < -0.39 is 0 Å². The van der Waals surface area contributed by atoms with E-state index in [-0.39, 0.29) is 35.8 Å². The monoisotopic (exact) mass is 468 g/mol. The van der Waals surface area contributed by atoms with Gasteiger partial charge in [0.15, 0.2) is 0 Å². The van der Waals surface area contributed by atoms with Crippen LogP contribution >= 0.6 is 11.3 Å². The number of carbonyl (C=O) groups is 1. The van der Waals surface area contributed by atoms with Crippen molar-refractivity contribution >= 4 is 27.5 Å². The van der Waals surface area contributed by atoms with E-state index in [0.29, 0.717) is 16.8 Å². The number of hydrogen-bond donors (Lipinski definition) is 1. The number of hydrogen-bond acceptors (Lipinski definition) is 6. The molecule has 4 rings (SSSR count). The average molecular weight is 469 g/mol. The molecule has 0 radical (unpaired) electrons. The van der Waals surface area contributed by atoms with Crippen molar-refractivity contribution in [3.05, 3.63) is 51.9 Å². The van der Waals surface area contributed by atoms with Gasteiger partial charge in [-0.15, -0.1) is 11.3 Å². The number of thiophene rings is 1. The smallest absolute Gasteiger partial charge is 0.263 e. The van der Waals surface area contributed by atoms with Crippen LogP contribution in [0.15, 0.2) is 40.8 Å². The van der Waals surface area contributed by atoms with Crippen LogP contribution in [0.3, 0.4) is 0 Å². The average Bonchev–Trinajstić information content (AvgIpc) is 3.19. The van der Waals surface area contributed by atoms with Gasteiger partial charge in [-0.05, 0) is 40.2 Å². The van der Waals surface area contributed by atoms with E-state index in [2.05, 4.69) is 42.9 Å². The summed E-state index contributed by atoms with van der Waals surface area (Å²) in [6, 6.07) is 8.07. The standard InChI is InChI=1S/C25H32N4O3S/c1-16-6-8-19(9-7-16)20-13-33-23-22(20)24(31)28(15-27-23)12-21(30)26-14-25(4,5)29-10-17(2)32-18(3)11-29/h6-9,13,15,17-18H,10-12,14H2,1-5H3,(H,26,30). The van der Waals surface area contributed by atoms with Crippen LogP contribution in [0.4, 0.5) is 0 Å². The predicted octanol–water partition coefficient (Wildman–Crippen LogP) is 3.44. The zero-order valence-electron chi connectivity index (χ0n) is 19.9. The lowest BCUT2D eigenvalue weighted by Gasteiger charge is -2.45. The molecule has 1 saturated heterocycles. The number of ether oxygens (including phenoxy) is 1. The third-order valence-corrected chi connectivity index (χ3v) is 7.12. The molecule has 0 bridgehead atoms. The van der Waals surface area contributed by atoms with Gasteiger partial charge in [-0.25, -0.2) is 4.98 Å².